The molecule has 1 aliphatic heterocycles. The van der Waals surface area contributed by atoms with Gasteiger partial charge in [-0.15, -0.1) is 0 Å². The van der Waals surface area contributed by atoms with E-state index in [1.165, 1.54) is 18.3 Å². The van der Waals surface area contributed by atoms with E-state index in [1.54, 1.807) is 30.7 Å². The number of imidazole rings is 1. The first kappa shape index (κ1) is 25.2. The van der Waals surface area contributed by atoms with Crippen LogP contribution in [-0.4, -0.2) is 71.2 Å². The minimum Gasteiger partial charge on any atom is -0.497 e. The summed E-state index contributed by atoms with van der Waals surface area (Å²) in [5.74, 6) is -0.785. The lowest BCUT2D eigenvalue weighted by Gasteiger charge is -2.43. The van der Waals surface area contributed by atoms with Gasteiger partial charge in [-0.05, 0) is 44.9 Å². The second-order valence-corrected chi connectivity index (χ2v) is 8.60. The van der Waals surface area contributed by atoms with E-state index in [4.69, 9.17) is 14.2 Å². The number of esters is 1. The number of nitrogens with zero attached hydrogens (tertiary/aromatic N) is 3. The maximum absolute atomic E-state index is 13.7. The lowest BCUT2D eigenvalue weighted by atomic mass is 9.93. The summed E-state index contributed by atoms with van der Waals surface area (Å²) in [7, 11) is 2.81. The van der Waals surface area contributed by atoms with E-state index >= 15 is 0 Å². The third kappa shape index (κ3) is 5.22. The molecule has 1 aromatic carbocycles. The molecule has 1 N–H and O–H groups in total. The molecule has 0 fully saturated rings. The van der Waals surface area contributed by atoms with Gasteiger partial charge in [0.05, 0.1) is 33.2 Å². The molecule has 0 spiro atoms. The number of carbonyl (C=O) groups is 3. The van der Waals surface area contributed by atoms with Gasteiger partial charge in [0.25, 0.3) is 5.91 Å². The van der Waals surface area contributed by atoms with Gasteiger partial charge in [0, 0.05) is 19.7 Å². The van der Waals surface area contributed by atoms with Gasteiger partial charge in [-0.2, -0.15) is 0 Å². The number of rotatable bonds is 10. The van der Waals surface area contributed by atoms with Crippen LogP contribution in [-0.2, 0) is 27.4 Å². The van der Waals surface area contributed by atoms with Crippen molar-refractivity contribution in [1.82, 2.24) is 19.8 Å². The number of benzene rings is 1. The van der Waals surface area contributed by atoms with Gasteiger partial charge >= 0.3 is 5.97 Å². The summed E-state index contributed by atoms with van der Waals surface area (Å²) in [6.07, 6.45) is 2.16. The van der Waals surface area contributed by atoms with Gasteiger partial charge in [-0.25, -0.2) is 9.78 Å². The molecule has 34 heavy (non-hydrogen) atoms. The third-order valence-corrected chi connectivity index (χ3v) is 5.78. The van der Waals surface area contributed by atoms with Crippen LogP contribution in [0.1, 0.15) is 53.7 Å². The summed E-state index contributed by atoms with van der Waals surface area (Å²) >= 11 is 0. The predicted octanol–water partition coefficient (Wildman–Crippen LogP) is 2.02. The second-order valence-electron chi connectivity index (χ2n) is 8.60. The molecule has 0 radical (unpaired) electrons. The molecule has 3 rings (SSSR count). The van der Waals surface area contributed by atoms with Crippen molar-refractivity contribution in [2.24, 2.45) is 0 Å². The third-order valence-electron chi connectivity index (χ3n) is 5.78. The zero-order chi connectivity index (χ0) is 24.9. The first-order valence-electron chi connectivity index (χ1n) is 11.2. The topological polar surface area (TPSA) is 112 Å². The van der Waals surface area contributed by atoms with Gasteiger partial charge < -0.3 is 29.0 Å². The Morgan fingerprint density at radius 1 is 1.21 bits per heavy atom. The highest BCUT2D eigenvalue weighted by atomic mass is 16.5. The van der Waals surface area contributed by atoms with E-state index in [2.05, 4.69) is 10.3 Å². The van der Waals surface area contributed by atoms with Crippen LogP contribution in [0, 0.1) is 0 Å². The van der Waals surface area contributed by atoms with E-state index < -0.39 is 17.4 Å². The molecular weight excluding hydrogens is 440 g/mol. The van der Waals surface area contributed by atoms with Crippen LogP contribution in [0.3, 0.4) is 0 Å². The van der Waals surface area contributed by atoms with E-state index in [0.717, 1.165) is 5.56 Å². The van der Waals surface area contributed by atoms with Crippen molar-refractivity contribution in [3.63, 3.8) is 0 Å². The van der Waals surface area contributed by atoms with E-state index in [1.807, 2.05) is 26.0 Å². The van der Waals surface area contributed by atoms with E-state index in [-0.39, 0.29) is 36.5 Å². The molecule has 10 nitrogen and oxygen atoms in total. The molecule has 10 heteroatoms. The van der Waals surface area contributed by atoms with Gasteiger partial charge in [0.1, 0.15) is 17.0 Å². The molecule has 0 aliphatic carbocycles. The first-order valence-corrected chi connectivity index (χ1v) is 11.2. The number of hydrogen-bond acceptors (Lipinski definition) is 7. The Morgan fingerprint density at radius 3 is 2.53 bits per heavy atom. The summed E-state index contributed by atoms with van der Waals surface area (Å²) in [6.45, 7) is 6.87. The Balaban J connectivity index is 1.89. The Kier molecular flexibility index (Phi) is 7.93. The minimum absolute atomic E-state index is 0.0690. The molecule has 0 saturated heterocycles. The Bertz CT molecular complexity index is 1030. The highest BCUT2D eigenvalue weighted by molar-refractivity contribution is 6.06. The molecule has 1 unspecified atom stereocenters. The van der Waals surface area contributed by atoms with Gasteiger partial charge in [0.2, 0.25) is 5.91 Å². The predicted molar refractivity (Wildman–Crippen MR) is 124 cm³/mol. The number of fused-ring (bicyclic) bond motifs is 1. The number of nitrogens with one attached hydrogen (secondary N) is 1. The largest absolute Gasteiger partial charge is 0.497 e. The van der Waals surface area contributed by atoms with Crippen molar-refractivity contribution in [1.29, 1.82) is 0 Å². The summed E-state index contributed by atoms with van der Waals surface area (Å²) in [5, 5.41) is 2.93. The van der Waals surface area contributed by atoms with Crippen molar-refractivity contribution in [2.45, 2.75) is 51.9 Å². The lowest BCUT2D eigenvalue weighted by Crippen LogP contribution is -2.63. The van der Waals surface area contributed by atoms with Crippen molar-refractivity contribution in [2.75, 3.05) is 27.4 Å². The van der Waals surface area contributed by atoms with Crippen LogP contribution >= 0.6 is 0 Å². The fourth-order valence-corrected chi connectivity index (χ4v) is 3.88. The molecule has 1 aliphatic rings. The molecular formula is C24H32N4O6. The molecule has 2 aromatic rings. The number of ether oxygens (including phenoxy) is 3. The number of hydrogen-bond donors (Lipinski definition) is 1. The molecule has 2 amide bonds. The maximum atomic E-state index is 13.7. The van der Waals surface area contributed by atoms with Gasteiger partial charge in [-0.1, -0.05) is 12.1 Å². The Morgan fingerprint density at radius 2 is 1.91 bits per heavy atom. The Hall–Kier alpha value is -3.40. The maximum Gasteiger partial charge on any atom is 0.359 e. The summed E-state index contributed by atoms with van der Waals surface area (Å²) in [5.41, 5.74) is -0.362. The number of aromatic nitrogens is 2. The fourth-order valence-electron chi connectivity index (χ4n) is 3.88. The average molecular weight is 473 g/mol. The zero-order valence-corrected chi connectivity index (χ0v) is 20.3. The van der Waals surface area contributed by atoms with Crippen molar-refractivity contribution in [3.05, 3.63) is 47.5 Å². The van der Waals surface area contributed by atoms with Crippen LogP contribution in [0.25, 0.3) is 0 Å². The van der Waals surface area contributed by atoms with Crippen molar-refractivity contribution >= 4 is 17.8 Å². The first-order chi connectivity index (χ1) is 16.2. The summed E-state index contributed by atoms with van der Waals surface area (Å²) < 4.78 is 17.1. The van der Waals surface area contributed by atoms with Crippen LogP contribution < -0.4 is 10.1 Å². The molecule has 2 heterocycles. The van der Waals surface area contributed by atoms with Crippen LogP contribution in [0.2, 0.25) is 0 Å². The fraction of sp³-hybridized carbons (Fsp3) is 0.500. The van der Waals surface area contributed by atoms with E-state index in [9.17, 15) is 14.4 Å². The average Bonchev–Trinajstić information content (AvgIpc) is 3.24. The zero-order valence-electron chi connectivity index (χ0n) is 20.3. The highest BCUT2D eigenvalue weighted by Gasteiger charge is 2.48. The van der Waals surface area contributed by atoms with Crippen LogP contribution in [0.15, 0.2) is 30.6 Å². The molecule has 1 atom stereocenters. The normalized spacial score (nSPS) is 17.5. The monoisotopic (exact) mass is 472 g/mol. The minimum atomic E-state index is -1.21. The molecule has 0 saturated carbocycles. The second kappa shape index (κ2) is 10.7. The van der Waals surface area contributed by atoms with Crippen molar-refractivity contribution in [3.8, 4) is 5.75 Å². The smallest absolute Gasteiger partial charge is 0.359 e. The number of methoxy groups -OCH3 is 2. The molecule has 0 bridgehead atoms. The Labute approximate surface area is 199 Å². The van der Waals surface area contributed by atoms with Crippen LogP contribution in [0.5, 0.6) is 5.75 Å². The van der Waals surface area contributed by atoms with Gasteiger partial charge in [0.15, 0.2) is 5.69 Å². The molecule has 1 aromatic heterocycles. The van der Waals surface area contributed by atoms with Crippen LogP contribution in [0.4, 0.5) is 0 Å². The van der Waals surface area contributed by atoms with Gasteiger partial charge in [-0.3, -0.25) is 9.59 Å². The highest BCUT2D eigenvalue weighted by Crippen LogP contribution is 2.31. The quantitative estimate of drug-likeness (QED) is 0.416. The summed E-state index contributed by atoms with van der Waals surface area (Å²) in [4.78, 5) is 44.8. The lowest BCUT2D eigenvalue weighted by molar-refractivity contribution is -0.133. The van der Waals surface area contributed by atoms with Crippen molar-refractivity contribution < 1.29 is 28.6 Å². The van der Waals surface area contributed by atoms with E-state index in [0.29, 0.717) is 25.3 Å². The SMILES string of the molecule is COC(=O)c1ncn2c1C(=O)N(Cc1ccc(OC)cc1)C(C)(C(=O)NCCCOC(C)C)C2. The standard InChI is InChI=1S/C24H32N4O6/c1-16(2)34-12-6-11-25-23(31)24(3)14-27-15-26-19(22(30)33-5)20(27)21(29)28(24)13-17-7-9-18(32-4)10-8-17/h7-10,15-16H,6,11-14H2,1-5H3,(H,25,31). The summed E-state index contributed by atoms with van der Waals surface area (Å²) in [6, 6.07) is 7.25. The number of amides is 2. The molecule has 184 valence electrons. The number of carbonyl (C=O) groups excluding carboxylic acids is 3.